The van der Waals surface area contributed by atoms with E-state index in [1.807, 2.05) is 29.2 Å². The van der Waals surface area contributed by atoms with Crippen molar-refractivity contribution in [3.63, 3.8) is 0 Å². The van der Waals surface area contributed by atoms with Gasteiger partial charge in [-0.3, -0.25) is 14.5 Å². The van der Waals surface area contributed by atoms with Gasteiger partial charge >= 0.3 is 5.97 Å². The lowest BCUT2D eigenvalue weighted by Gasteiger charge is -2.40. The number of carboxylic acids is 1. The summed E-state index contributed by atoms with van der Waals surface area (Å²) in [4.78, 5) is 28.2. The Hall–Kier alpha value is -1.92. The number of rotatable bonds is 6. The number of carbonyl (C=O) groups excluding carboxylic acids is 1. The molecule has 2 aliphatic rings. The molecule has 0 bridgehead atoms. The van der Waals surface area contributed by atoms with Crippen LogP contribution < -0.4 is 0 Å². The minimum atomic E-state index is -0.920. The summed E-state index contributed by atoms with van der Waals surface area (Å²) in [6.45, 7) is 1.81. The summed E-state index contributed by atoms with van der Waals surface area (Å²) in [5.74, 6) is -0.867. The molecule has 1 unspecified atom stereocenters. The minimum Gasteiger partial charge on any atom is -0.480 e. The highest BCUT2D eigenvalue weighted by Gasteiger charge is 2.36. The summed E-state index contributed by atoms with van der Waals surface area (Å²) in [6.07, 6.45) is 4.52. The Morgan fingerprint density at radius 2 is 2.08 bits per heavy atom. The van der Waals surface area contributed by atoms with Gasteiger partial charge in [-0.1, -0.05) is 37.1 Å². The first-order valence-electron chi connectivity index (χ1n) is 8.94. The van der Waals surface area contributed by atoms with E-state index in [0.29, 0.717) is 31.3 Å². The summed E-state index contributed by atoms with van der Waals surface area (Å²) < 4.78 is 5.13. The number of benzene rings is 1. The van der Waals surface area contributed by atoms with Crippen LogP contribution in [0.5, 0.6) is 0 Å². The molecule has 1 aliphatic heterocycles. The number of aliphatic carboxylic acids is 1. The van der Waals surface area contributed by atoms with E-state index in [2.05, 4.69) is 0 Å². The number of methoxy groups -OCH3 is 1. The maximum atomic E-state index is 12.6. The van der Waals surface area contributed by atoms with Crippen molar-refractivity contribution in [1.82, 2.24) is 9.80 Å². The number of hydrogen-bond acceptors (Lipinski definition) is 4. The number of hydrogen-bond donors (Lipinski definition) is 1. The average Bonchev–Trinajstić information content (AvgIpc) is 3.10. The average molecular weight is 346 g/mol. The first kappa shape index (κ1) is 17.9. The quantitative estimate of drug-likeness (QED) is 0.854. The zero-order chi connectivity index (χ0) is 17.8. The van der Waals surface area contributed by atoms with Gasteiger partial charge in [-0.2, -0.15) is 0 Å². The molecular formula is C19H26N2O4. The standard InChI is InChI=1S/C19H26N2O4/c1-25-13-14-5-4-6-15(11-14)18(19(23)24)20-9-10-21(17(22)12-20)16-7-2-3-8-16/h4-6,11,16,18H,2-3,7-10,12-13H2,1H3,(H,23,24). The van der Waals surface area contributed by atoms with E-state index < -0.39 is 12.0 Å². The summed E-state index contributed by atoms with van der Waals surface area (Å²) in [5, 5.41) is 9.77. The van der Waals surface area contributed by atoms with Crippen molar-refractivity contribution in [3.05, 3.63) is 35.4 Å². The van der Waals surface area contributed by atoms with Gasteiger partial charge in [-0.25, -0.2) is 0 Å². The Morgan fingerprint density at radius 3 is 2.72 bits per heavy atom. The Kier molecular flexibility index (Phi) is 5.71. The highest BCUT2D eigenvalue weighted by molar-refractivity contribution is 5.82. The summed E-state index contributed by atoms with van der Waals surface area (Å²) in [6, 6.07) is 6.97. The molecule has 1 aromatic carbocycles. The monoisotopic (exact) mass is 346 g/mol. The van der Waals surface area contributed by atoms with Crippen LogP contribution in [0.15, 0.2) is 24.3 Å². The predicted octanol–water partition coefficient (Wildman–Crippen LogP) is 2.05. The van der Waals surface area contributed by atoms with Crippen LogP contribution in [-0.4, -0.2) is 59.6 Å². The van der Waals surface area contributed by atoms with Gasteiger partial charge in [-0.05, 0) is 24.0 Å². The molecule has 136 valence electrons. The molecular weight excluding hydrogens is 320 g/mol. The molecule has 0 spiro atoms. The number of nitrogens with zero attached hydrogens (tertiary/aromatic N) is 2. The molecule has 25 heavy (non-hydrogen) atoms. The topological polar surface area (TPSA) is 70.1 Å². The second-order valence-corrected chi connectivity index (χ2v) is 6.91. The lowest BCUT2D eigenvalue weighted by Crippen LogP contribution is -2.55. The number of piperazine rings is 1. The smallest absolute Gasteiger partial charge is 0.325 e. The molecule has 1 aliphatic carbocycles. The summed E-state index contributed by atoms with van der Waals surface area (Å²) in [7, 11) is 1.61. The molecule has 0 aromatic heterocycles. The molecule has 6 heteroatoms. The molecule has 1 heterocycles. The molecule has 1 N–H and O–H groups in total. The number of carbonyl (C=O) groups is 2. The summed E-state index contributed by atoms with van der Waals surface area (Å²) in [5.41, 5.74) is 1.63. The fraction of sp³-hybridized carbons (Fsp3) is 0.579. The molecule has 1 aromatic rings. The SMILES string of the molecule is COCc1cccc(C(C(=O)O)N2CCN(C3CCCC3)C(=O)C2)c1. The highest BCUT2D eigenvalue weighted by atomic mass is 16.5. The van der Waals surface area contributed by atoms with E-state index in [0.717, 1.165) is 18.4 Å². The molecule has 2 fully saturated rings. The summed E-state index contributed by atoms with van der Waals surface area (Å²) >= 11 is 0. The van der Waals surface area contributed by atoms with Gasteiger partial charge < -0.3 is 14.7 Å². The van der Waals surface area contributed by atoms with E-state index >= 15 is 0 Å². The predicted molar refractivity (Wildman–Crippen MR) is 93.1 cm³/mol. The van der Waals surface area contributed by atoms with E-state index in [4.69, 9.17) is 4.74 Å². The van der Waals surface area contributed by atoms with Crippen LogP contribution in [0.4, 0.5) is 0 Å². The van der Waals surface area contributed by atoms with E-state index in [9.17, 15) is 14.7 Å². The van der Waals surface area contributed by atoms with Crippen LogP contribution in [0.2, 0.25) is 0 Å². The molecule has 1 atom stereocenters. The number of carboxylic acid groups (broad SMARTS) is 1. The van der Waals surface area contributed by atoms with Gasteiger partial charge in [0.15, 0.2) is 0 Å². The Bertz CT molecular complexity index is 628. The third kappa shape index (κ3) is 4.02. The van der Waals surface area contributed by atoms with Crippen molar-refractivity contribution < 1.29 is 19.4 Å². The van der Waals surface area contributed by atoms with Crippen LogP contribution in [0.3, 0.4) is 0 Å². The van der Waals surface area contributed by atoms with Crippen molar-refractivity contribution in [2.24, 2.45) is 0 Å². The van der Waals surface area contributed by atoms with Crippen LogP contribution in [-0.2, 0) is 20.9 Å². The van der Waals surface area contributed by atoms with Crippen molar-refractivity contribution in [3.8, 4) is 0 Å². The fourth-order valence-corrected chi connectivity index (χ4v) is 4.06. The van der Waals surface area contributed by atoms with Gasteiger partial charge in [0.2, 0.25) is 5.91 Å². The zero-order valence-electron chi connectivity index (χ0n) is 14.7. The number of ether oxygens (including phenoxy) is 1. The molecule has 0 radical (unpaired) electrons. The Balaban J connectivity index is 1.74. The Labute approximate surface area is 148 Å². The maximum absolute atomic E-state index is 12.6. The lowest BCUT2D eigenvalue weighted by molar-refractivity contribution is -0.148. The van der Waals surface area contributed by atoms with E-state index in [1.165, 1.54) is 12.8 Å². The normalized spacial score (nSPS) is 20.8. The van der Waals surface area contributed by atoms with Gasteiger partial charge in [0, 0.05) is 26.2 Å². The highest BCUT2D eigenvalue weighted by Crippen LogP contribution is 2.28. The molecule has 1 amide bonds. The van der Waals surface area contributed by atoms with Crippen LogP contribution in [0.25, 0.3) is 0 Å². The molecule has 6 nitrogen and oxygen atoms in total. The van der Waals surface area contributed by atoms with E-state index in [1.54, 1.807) is 12.0 Å². The second-order valence-electron chi connectivity index (χ2n) is 6.91. The van der Waals surface area contributed by atoms with Gasteiger partial charge in [0.25, 0.3) is 0 Å². The zero-order valence-corrected chi connectivity index (χ0v) is 14.7. The first-order valence-corrected chi connectivity index (χ1v) is 8.94. The van der Waals surface area contributed by atoms with Crippen LogP contribution in [0.1, 0.15) is 42.9 Å². The maximum Gasteiger partial charge on any atom is 0.325 e. The molecule has 3 rings (SSSR count). The first-order chi connectivity index (χ1) is 12.1. The van der Waals surface area contributed by atoms with Crippen LogP contribution in [0, 0.1) is 0 Å². The van der Waals surface area contributed by atoms with Gasteiger partial charge in [-0.15, -0.1) is 0 Å². The fourth-order valence-electron chi connectivity index (χ4n) is 4.06. The van der Waals surface area contributed by atoms with Crippen molar-refractivity contribution in [2.45, 2.75) is 44.4 Å². The van der Waals surface area contributed by atoms with Crippen molar-refractivity contribution in [2.75, 3.05) is 26.7 Å². The van der Waals surface area contributed by atoms with E-state index in [-0.39, 0.29) is 12.5 Å². The van der Waals surface area contributed by atoms with Crippen molar-refractivity contribution >= 4 is 11.9 Å². The van der Waals surface area contributed by atoms with Gasteiger partial charge in [0.05, 0.1) is 13.2 Å². The largest absolute Gasteiger partial charge is 0.480 e. The second kappa shape index (κ2) is 7.97. The molecule has 1 saturated carbocycles. The van der Waals surface area contributed by atoms with Crippen molar-refractivity contribution in [1.29, 1.82) is 0 Å². The lowest BCUT2D eigenvalue weighted by atomic mass is 10.0. The third-order valence-electron chi connectivity index (χ3n) is 5.23. The minimum absolute atomic E-state index is 0.0532. The Morgan fingerprint density at radius 1 is 1.32 bits per heavy atom. The number of amides is 1. The molecule has 1 saturated heterocycles. The third-order valence-corrected chi connectivity index (χ3v) is 5.23. The van der Waals surface area contributed by atoms with Gasteiger partial charge in [0.1, 0.15) is 6.04 Å². The van der Waals surface area contributed by atoms with Crippen LogP contribution >= 0.6 is 0 Å².